The molecule has 0 aliphatic rings. The predicted octanol–water partition coefficient (Wildman–Crippen LogP) is 1.60. The molecule has 0 fully saturated rings. The molecule has 0 spiro atoms. The monoisotopic (exact) mass is 111 g/mol. The molecule has 0 saturated heterocycles. The summed E-state index contributed by atoms with van der Waals surface area (Å²) in [6, 6.07) is 0. The van der Waals surface area contributed by atoms with Crippen LogP contribution >= 0.6 is 0 Å². The summed E-state index contributed by atoms with van der Waals surface area (Å²) in [6.07, 6.45) is 2.95. The van der Waals surface area contributed by atoms with Gasteiger partial charge in [0.25, 0.3) is 0 Å². The van der Waals surface area contributed by atoms with Gasteiger partial charge in [-0.3, -0.25) is 4.79 Å². The molecule has 0 aliphatic heterocycles. The van der Waals surface area contributed by atoms with Crippen LogP contribution in [0, 0.1) is 12.3 Å². The van der Waals surface area contributed by atoms with Crippen LogP contribution in [0.1, 0.15) is 13.8 Å². The Morgan fingerprint density at radius 3 is 2.25 bits per heavy atom. The molecule has 1 nitrogen and oxygen atoms in total. The molecule has 0 rings (SSSR count). The molecule has 0 atom stereocenters. The van der Waals surface area contributed by atoms with Gasteiger partial charge in [0.1, 0.15) is 0 Å². The van der Waals surface area contributed by atoms with Gasteiger partial charge in [0.2, 0.25) is 0 Å². The molecular weight excluding hydrogens is 100 g/mol. The first-order valence-electron chi connectivity index (χ1n) is 2.68. The van der Waals surface area contributed by atoms with Crippen molar-refractivity contribution in [3.05, 3.63) is 19.1 Å². The van der Waals surface area contributed by atoms with Gasteiger partial charge in [-0.05, 0) is 12.0 Å². The highest BCUT2D eigenvalue weighted by atomic mass is 16.1. The third-order valence-electron chi connectivity index (χ3n) is 0.699. The van der Waals surface area contributed by atoms with Gasteiger partial charge in [-0.15, -0.1) is 0 Å². The molecule has 0 amide bonds. The smallest absolute Gasteiger partial charge is 0.159 e. The van der Waals surface area contributed by atoms with E-state index in [1.165, 1.54) is 6.08 Å². The molecule has 0 aromatic heterocycles. The maximum Gasteiger partial charge on any atom is 0.159 e. The first-order valence-corrected chi connectivity index (χ1v) is 2.68. The van der Waals surface area contributed by atoms with Crippen LogP contribution in [0.5, 0.6) is 0 Å². The molecule has 0 aromatic rings. The van der Waals surface area contributed by atoms with Crippen molar-refractivity contribution in [1.29, 1.82) is 0 Å². The molecule has 0 bridgehead atoms. The lowest BCUT2D eigenvalue weighted by Gasteiger charge is -1.95. The van der Waals surface area contributed by atoms with Crippen LogP contribution in [0.4, 0.5) is 0 Å². The summed E-state index contributed by atoms with van der Waals surface area (Å²) in [5.41, 5.74) is 0. The zero-order chi connectivity index (χ0) is 6.57. The molecule has 1 radical (unpaired) electrons. The highest BCUT2D eigenvalue weighted by molar-refractivity contribution is 5.96. The zero-order valence-electron chi connectivity index (χ0n) is 5.35. The van der Waals surface area contributed by atoms with Gasteiger partial charge in [0, 0.05) is 6.42 Å². The van der Waals surface area contributed by atoms with E-state index in [0.29, 0.717) is 5.92 Å². The standard InChI is InChI=1S/C7H11O/c1-4-7(8)5-6(2)3/h4-6H,1H2,2-3H3. The molecular formula is C7H11O. The number of hydrogen-bond acceptors (Lipinski definition) is 1. The van der Waals surface area contributed by atoms with E-state index in [4.69, 9.17) is 0 Å². The summed E-state index contributed by atoms with van der Waals surface area (Å²) in [7, 11) is 0. The quantitative estimate of drug-likeness (QED) is 0.505. The van der Waals surface area contributed by atoms with Crippen LogP contribution in [0.15, 0.2) is 12.7 Å². The van der Waals surface area contributed by atoms with Gasteiger partial charge in [-0.1, -0.05) is 20.4 Å². The molecule has 0 aromatic carbocycles. The van der Waals surface area contributed by atoms with Gasteiger partial charge in [-0.25, -0.2) is 0 Å². The van der Waals surface area contributed by atoms with Crippen LogP contribution in [0.25, 0.3) is 0 Å². The van der Waals surface area contributed by atoms with Crippen LogP contribution in [-0.2, 0) is 4.79 Å². The topological polar surface area (TPSA) is 17.1 Å². The molecule has 0 heterocycles. The van der Waals surface area contributed by atoms with Gasteiger partial charge in [0.05, 0.1) is 0 Å². The SMILES string of the molecule is C=CC(=O)[CH]C(C)C. The summed E-state index contributed by atoms with van der Waals surface area (Å²) in [4.78, 5) is 10.4. The Kier molecular flexibility index (Phi) is 3.16. The minimum atomic E-state index is 0.0139. The van der Waals surface area contributed by atoms with E-state index in [9.17, 15) is 4.79 Å². The van der Waals surface area contributed by atoms with Crippen molar-refractivity contribution in [2.24, 2.45) is 5.92 Å². The second kappa shape index (κ2) is 3.42. The van der Waals surface area contributed by atoms with E-state index < -0.39 is 0 Å². The van der Waals surface area contributed by atoms with Crippen molar-refractivity contribution >= 4 is 5.78 Å². The van der Waals surface area contributed by atoms with E-state index >= 15 is 0 Å². The fourth-order valence-electron chi connectivity index (χ4n) is 0.397. The van der Waals surface area contributed by atoms with E-state index in [2.05, 4.69) is 6.58 Å². The van der Waals surface area contributed by atoms with Crippen molar-refractivity contribution in [1.82, 2.24) is 0 Å². The number of ketones is 1. The maximum absolute atomic E-state index is 10.4. The molecule has 45 valence electrons. The molecule has 8 heavy (non-hydrogen) atoms. The Hall–Kier alpha value is -0.590. The molecule has 0 aliphatic carbocycles. The second-order valence-corrected chi connectivity index (χ2v) is 2.02. The Morgan fingerprint density at radius 1 is 1.62 bits per heavy atom. The minimum Gasteiger partial charge on any atom is -0.295 e. The third kappa shape index (κ3) is 3.59. The average molecular weight is 111 g/mol. The molecule has 0 unspecified atom stereocenters. The van der Waals surface area contributed by atoms with E-state index in [1.807, 2.05) is 13.8 Å². The summed E-state index contributed by atoms with van der Waals surface area (Å²) in [5.74, 6) is 0.348. The second-order valence-electron chi connectivity index (χ2n) is 2.02. The fourth-order valence-corrected chi connectivity index (χ4v) is 0.397. The zero-order valence-corrected chi connectivity index (χ0v) is 5.35. The first-order chi connectivity index (χ1) is 3.66. The Labute approximate surface area is 50.4 Å². The highest BCUT2D eigenvalue weighted by Gasteiger charge is 1.98. The van der Waals surface area contributed by atoms with Crippen molar-refractivity contribution < 1.29 is 4.79 Å². The summed E-state index contributed by atoms with van der Waals surface area (Å²) >= 11 is 0. The Balaban J connectivity index is 3.39. The van der Waals surface area contributed by atoms with Crippen LogP contribution in [0.3, 0.4) is 0 Å². The number of allylic oxidation sites excluding steroid dienone is 1. The first kappa shape index (κ1) is 7.41. The molecule has 0 N–H and O–H groups in total. The minimum absolute atomic E-state index is 0.0139. The number of carbonyl (C=O) groups excluding carboxylic acids is 1. The molecule has 0 saturated carbocycles. The summed E-state index contributed by atoms with van der Waals surface area (Å²) < 4.78 is 0. The summed E-state index contributed by atoms with van der Waals surface area (Å²) in [5, 5.41) is 0. The highest BCUT2D eigenvalue weighted by Crippen LogP contribution is 1.97. The van der Waals surface area contributed by atoms with Gasteiger partial charge < -0.3 is 0 Å². The van der Waals surface area contributed by atoms with E-state index in [1.54, 1.807) is 6.42 Å². The lowest BCUT2D eigenvalue weighted by molar-refractivity contribution is -0.112. The van der Waals surface area contributed by atoms with Crippen LogP contribution in [-0.4, -0.2) is 5.78 Å². The van der Waals surface area contributed by atoms with E-state index in [-0.39, 0.29) is 5.78 Å². The fraction of sp³-hybridized carbons (Fsp3) is 0.429. The van der Waals surface area contributed by atoms with Crippen molar-refractivity contribution in [2.75, 3.05) is 0 Å². The van der Waals surface area contributed by atoms with E-state index in [0.717, 1.165) is 0 Å². The molecule has 1 heteroatoms. The van der Waals surface area contributed by atoms with Gasteiger partial charge in [0.15, 0.2) is 5.78 Å². The lowest BCUT2D eigenvalue weighted by Crippen LogP contribution is -1.98. The number of hydrogen-bond donors (Lipinski definition) is 0. The average Bonchev–Trinajstić information content (AvgIpc) is 1.65. The summed E-state index contributed by atoms with van der Waals surface area (Å²) in [6.45, 7) is 7.25. The Bertz CT molecular complexity index is 92.6. The van der Waals surface area contributed by atoms with Crippen LogP contribution < -0.4 is 0 Å². The predicted molar refractivity (Wildman–Crippen MR) is 34.3 cm³/mol. The largest absolute Gasteiger partial charge is 0.295 e. The maximum atomic E-state index is 10.4. The van der Waals surface area contributed by atoms with Gasteiger partial charge >= 0.3 is 0 Å². The lowest BCUT2D eigenvalue weighted by atomic mass is 10.1. The van der Waals surface area contributed by atoms with Crippen molar-refractivity contribution in [3.63, 3.8) is 0 Å². The van der Waals surface area contributed by atoms with Crippen LogP contribution in [0.2, 0.25) is 0 Å². The number of carbonyl (C=O) groups is 1. The third-order valence-corrected chi connectivity index (χ3v) is 0.699. The van der Waals surface area contributed by atoms with Crippen molar-refractivity contribution in [3.8, 4) is 0 Å². The van der Waals surface area contributed by atoms with Gasteiger partial charge in [-0.2, -0.15) is 0 Å². The van der Waals surface area contributed by atoms with Crippen molar-refractivity contribution in [2.45, 2.75) is 13.8 Å². The normalized spacial score (nSPS) is 9.38. The Morgan fingerprint density at radius 2 is 2.12 bits per heavy atom. The number of rotatable bonds is 3.